The van der Waals surface area contributed by atoms with E-state index in [1.54, 1.807) is 24.6 Å². The number of methoxy groups -OCH3 is 1. The zero-order valence-electron chi connectivity index (χ0n) is 15.0. The van der Waals surface area contributed by atoms with Crippen molar-refractivity contribution < 1.29 is 4.74 Å². The standard InChI is InChI=1S/C17H23N5O3/c1-5-6-8-21-15(23)13-14(19(3)17(21)24)18-16-20(9-7-10-25-4)12(2)11-22(13)16/h5-6,11H,7-10H2,1-4H3. The van der Waals surface area contributed by atoms with Crippen LogP contribution in [-0.2, 0) is 24.9 Å². The predicted octanol–water partition coefficient (Wildman–Crippen LogP) is 1.07. The SMILES string of the molecule is CC=CCn1c(=O)c2c(nc3n(CCCOC)c(C)cn23)n(C)c1=O. The van der Waals surface area contributed by atoms with Crippen molar-refractivity contribution in [2.45, 2.75) is 33.4 Å². The van der Waals surface area contributed by atoms with E-state index in [9.17, 15) is 9.59 Å². The summed E-state index contributed by atoms with van der Waals surface area (Å²) in [5.41, 5.74) is 1.16. The summed E-state index contributed by atoms with van der Waals surface area (Å²) in [7, 11) is 3.32. The summed E-state index contributed by atoms with van der Waals surface area (Å²) in [5.74, 6) is 0.666. The summed E-state index contributed by atoms with van der Waals surface area (Å²) in [5, 5.41) is 0. The number of rotatable bonds is 6. The van der Waals surface area contributed by atoms with E-state index in [1.807, 2.05) is 30.7 Å². The van der Waals surface area contributed by atoms with Crippen molar-refractivity contribution in [1.29, 1.82) is 0 Å². The Morgan fingerprint density at radius 3 is 2.72 bits per heavy atom. The molecule has 3 aromatic heterocycles. The molecular formula is C17H23N5O3. The average Bonchev–Trinajstić information content (AvgIpc) is 3.09. The average molecular weight is 345 g/mol. The summed E-state index contributed by atoms with van der Waals surface area (Å²) in [6.07, 6.45) is 6.34. The van der Waals surface area contributed by atoms with Gasteiger partial charge in [0.05, 0.1) is 0 Å². The maximum atomic E-state index is 12.9. The fourth-order valence-corrected chi connectivity index (χ4v) is 3.07. The third-order valence-electron chi connectivity index (χ3n) is 4.39. The highest BCUT2D eigenvalue weighted by atomic mass is 16.5. The Bertz CT molecular complexity index is 1060. The molecule has 0 aliphatic rings. The van der Waals surface area contributed by atoms with Gasteiger partial charge in [0.1, 0.15) is 0 Å². The Kier molecular flexibility index (Phi) is 4.63. The number of hydrogen-bond donors (Lipinski definition) is 0. The van der Waals surface area contributed by atoms with Gasteiger partial charge in [0.15, 0.2) is 11.2 Å². The summed E-state index contributed by atoms with van der Waals surface area (Å²) in [4.78, 5) is 30.0. The highest BCUT2D eigenvalue weighted by Gasteiger charge is 2.19. The van der Waals surface area contributed by atoms with Gasteiger partial charge in [-0.2, -0.15) is 4.98 Å². The van der Waals surface area contributed by atoms with Crippen molar-refractivity contribution >= 4 is 16.9 Å². The Morgan fingerprint density at radius 2 is 2.04 bits per heavy atom. The molecule has 0 spiro atoms. The van der Waals surface area contributed by atoms with Gasteiger partial charge in [-0.05, 0) is 20.3 Å². The lowest BCUT2D eigenvalue weighted by atomic mass is 10.4. The maximum absolute atomic E-state index is 12.9. The van der Waals surface area contributed by atoms with Crippen molar-refractivity contribution in [3.63, 3.8) is 0 Å². The molecule has 134 valence electrons. The van der Waals surface area contributed by atoms with Crippen molar-refractivity contribution in [2.75, 3.05) is 13.7 Å². The van der Waals surface area contributed by atoms with Crippen LogP contribution in [0.25, 0.3) is 16.9 Å². The lowest BCUT2D eigenvalue weighted by Crippen LogP contribution is -2.39. The highest BCUT2D eigenvalue weighted by Crippen LogP contribution is 2.16. The molecule has 3 heterocycles. The predicted molar refractivity (Wildman–Crippen MR) is 96.2 cm³/mol. The first-order valence-electron chi connectivity index (χ1n) is 8.29. The molecule has 25 heavy (non-hydrogen) atoms. The fraction of sp³-hybridized carbons (Fsp3) is 0.471. The van der Waals surface area contributed by atoms with E-state index in [1.165, 1.54) is 9.13 Å². The topological polar surface area (TPSA) is 75.5 Å². The van der Waals surface area contributed by atoms with Gasteiger partial charge in [0.25, 0.3) is 5.56 Å². The first-order valence-corrected chi connectivity index (χ1v) is 8.29. The number of aryl methyl sites for hydroxylation is 3. The first-order chi connectivity index (χ1) is 12.0. The summed E-state index contributed by atoms with van der Waals surface area (Å²) in [6, 6.07) is 0. The lowest BCUT2D eigenvalue weighted by molar-refractivity contribution is 0.190. The minimum atomic E-state index is -0.362. The molecule has 0 unspecified atom stereocenters. The summed E-state index contributed by atoms with van der Waals surface area (Å²) < 4.78 is 11.6. The highest BCUT2D eigenvalue weighted by molar-refractivity contribution is 5.75. The van der Waals surface area contributed by atoms with E-state index in [0.717, 1.165) is 18.7 Å². The van der Waals surface area contributed by atoms with Crippen LogP contribution in [-0.4, -0.2) is 36.8 Å². The van der Waals surface area contributed by atoms with Crippen LogP contribution in [0.4, 0.5) is 0 Å². The van der Waals surface area contributed by atoms with E-state index >= 15 is 0 Å². The van der Waals surface area contributed by atoms with Crippen molar-refractivity contribution in [1.82, 2.24) is 23.1 Å². The van der Waals surface area contributed by atoms with Crippen LogP contribution in [0.5, 0.6) is 0 Å². The second-order valence-electron chi connectivity index (χ2n) is 6.05. The number of fused-ring (bicyclic) bond motifs is 3. The van der Waals surface area contributed by atoms with Crippen LogP contribution in [0, 0.1) is 6.92 Å². The molecule has 0 saturated heterocycles. The number of nitrogens with zero attached hydrogens (tertiary/aromatic N) is 5. The molecule has 0 amide bonds. The monoisotopic (exact) mass is 345 g/mol. The molecule has 0 fully saturated rings. The van der Waals surface area contributed by atoms with Crippen LogP contribution >= 0.6 is 0 Å². The van der Waals surface area contributed by atoms with E-state index in [-0.39, 0.29) is 17.8 Å². The Balaban J connectivity index is 2.28. The number of aromatic nitrogens is 5. The number of imidazole rings is 2. The van der Waals surface area contributed by atoms with Gasteiger partial charge < -0.3 is 9.30 Å². The van der Waals surface area contributed by atoms with Crippen molar-refractivity contribution in [3.05, 3.63) is 44.9 Å². The lowest BCUT2D eigenvalue weighted by Gasteiger charge is -2.06. The van der Waals surface area contributed by atoms with Gasteiger partial charge in [-0.3, -0.25) is 18.3 Å². The van der Waals surface area contributed by atoms with Gasteiger partial charge in [-0.1, -0.05) is 12.2 Å². The van der Waals surface area contributed by atoms with Gasteiger partial charge in [0.2, 0.25) is 5.78 Å². The molecule has 0 bridgehead atoms. The van der Waals surface area contributed by atoms with Gasteiger partial charge in [-0.15, -0.1) is 0 Å². The van der Waals surface area contributed by atoms with Gasteiger partial charge in [0, 0.05) is 45.7 Å². The maximum Gasteiger partial charge on any atom is 0.332 e. The molecule has 3 aromatic rings. The van der Waals surface area contributed by atoms with Crippen LogP contribution in [0.1, 0.15) is 19.0 Å². The second-order valence-corrected chi connectivity index (χ2v) is 6.05. The molecule has 8 heteroatoms. The molecule has 0 atom stereocenters. The molecule has 0 radical (unpaired) electrons. The molecule has 0 aromatic carbocycles. The van der Waals surface area contributed by atoms with E-state index in [4.69, 9.17) is 4.74 Å². The van der Waals surface area contributed by atoms with Crippen molar-refractivity contribution in [3.8, 4) is 0 Å². The summed E-state index contributed by atoms with van der Waals surface area (Å²) >= 11 is 0. The third kappa shape index (κ3) is 2.72. The molecule has 0 N–H and O–H groups in total. The summed E-state index contributed by atoms with van der Waals surface area (Å²) in [6.45, 7) is 5.47. The number of ether oxygens (including phenoxy) is 1. The normalized spacial score (nSPS) is 12.2. The Labute approximate surface area is 144 Å². The minimum absolute atomic E-state index is 0.249. The second kappa shape index (κ2) is 6.72. The zero-order valence-corrected chi connectivity index (χ0v) is 15.0. The smallest absolute Gasteiger partial charge is 0.332 e. The van der Waals surface area contributed by atoms with Crippen LogP contribution in [0.3, 0.4) is 0 Å². The van der Waals surface area contributed by atoms with Crippen molar-refractivity contribution in [2.24, 2.45) is 7.05 Å². The van der Waals surface area contributed by atoms with Crippen LogP contribution in [0.2, 0.25) is 0 Å². The molecule has 0 aliphatic carbocycles. The quantitative estimate of drug-likeness (QED) is 0.495. The number of hydrogen-bond acceptors (Lipinski definition) is 4. The Hall–Kier alpha value is -2.61. The first kappa shape index (κ1) is 17.2. The fourth-order valence-electron chi connectivity index (χ4n) is 3.07. The van der Waals surface area contributed by atoms with E-state index in [0.29, 0.717) is 23.5 Å². The Morgan fingerprint density at radius 1 is 1.28 bits per heavy atom. The van der Waals surface area contributed by atoms with E-state index < -0.39 is 0 Å². The molecular weight excluding hydrogens is 322 g/mol. The number of allylic oxidation sites excluding steroid dienone is 2. The third-order valence-corrected chi connectivity index (χ3v) is 4.39. The van der Waals surface area contributed by atoms with E-state index in [2.05, 4.69) is 4.98 Å². The van der Waals surface area contributed by atoms with Gasteiger partial charge in [-0.25, -0.2) is 4.79 Å². The van der Waals surface area contributed by atoms with Crippen LogP contribution < -0.4 is 11.2 Å². The minimum Gasteiger partial charge on any atom is -0.385 e. The van der Waals surface area contributed by atoms with Crippen LogP contribution in [0.15, 0.2) is 27.9 Å². The largest absolute Gasteiger partial charge is 0.385 e. The van der Waals surface area contributed by atoms with Gasteiger partial charge >= 0.3 is 5.69 Å². The zero-order chi connectivity index (χ0) is 18.1. The molecule has 8 nitrogen and oxygen atoms in total. The molecule has 0 aliphatic heterocycles. The molecule has 3 rings (SSSR count). The molecule has 0 saturated carbocycles.